The van der Waals surface area contributed by atoms with Gasteiger partial charge in [0.25, 0.3) is 0 Å². The predicted molar refractivity (Wildman–Crippen MR) is 118 cm³/mol. The maximum atomic E-state index is 6.04. The van der Waals surface area contributed by atoms with Crippen molar-refractivity contribution in [2.45, 2.75) is 20.0 Å². The maximum absolute atomic E-state index is 6.04. The average molecular weight is 490 g/mol. The van der Waals surface area contributed by atoms with Gasteiger partial charge in [0.1, 0.15) is 11.5 Å². The van der Waals surface area contributed by atoms with E-state index in [4.69, 9.17) is 21.1 Å². The molecule has 2 aromatic rings. The molecular formula is C19H25ClIN3O2. The van der Waals surface area contributed by atoms with Gasteiger partial charge >= 0.3 is 0 Å². The number of benzene rings is 2. The molecule has 0 atom stereocenters. The topological polar surface area (TPSA) is 54.9 Å². The van der Waals surface area contributed by atoms with Gasteiger partial charge in [0.05, 0.1) is 13.7 Å². The largest absolute Gasteiger partial charge is 0.497 e. The van der Waals surface area contributed by atoms with Crippen molar-refractivity contribution in [2.75, 3.05) is 20.8 Å². The number of guanidine groups is 1. The minimum absolute atomic E-state index is 0. The smallest absolute Gasteiger partial charge is 0.191 e. The molecule has 0 aromatic heterocycles. The first-order chi connectivity index (χ1) is 12.2. The number of rotatable bonds is 7. The molecule has 0 unspecified atom stereocenters. The molecule has 0 amide bonds. The van der Waals surface area contributed by atoms with Gasteiger partial charge in [-0.2, -0.15) is 0 Å². The van der Waals surface area contributed by atoms with E-state index in [0.29, 0.717) is 30.7 Å². The van der Waals surface area contributed by atoms with E-state index in [-0.39, 0.29) is 24.0 Å². The number of halogens is 2. The molecule has 0 saturated carbocycles. The third-order valence-electron chi connectivity index (χ3n) is 3.59. The van der Waals surface area contributed by atoms with Gasteiger partial charge in [0, 0.05) is 30.7 Å². The van der Waals surface area contributed by atoms with Gasteiger partial charge in [-0.3, -0.25) is 4.99 Å². The molecule has 5 nitrogen and oxygen atoms in total. The molecule has 0 spiro atoms. The highest BCUT2D eigenvalue weighted by atomic mass is 127. The maximum Gasteiger partial charge on any atom is 0.191 e. The van der Waals surface area contributed by atoms with Crippen molar-refractivity contribution in [3.8, 4) is 11.5 Å². The van der Waals surface area contributed by atoms with Gasteiger partial charge in [0.2, 0.25) is 0 Å². The summed E-state index contributed by atoms with van der Waals surface area (Å²) in [5.74, 6) is 2.33. The number of nitrogens with zero attached hydrogens (tertiary/aromatic N) is 1. The zero-order chi connectivity index (χ0) is 18.1. The number of methoxy groups -OCH3 is 1. The molecule has 142 valence electrons. The van der Waals surface area contributed by atoms with Crippen LogP contribution >= 0.6 is 35.6 Å². The Morgan fingerprint density at radius 2 is 1.88 bits per heavy atom. The van der Waals surface area contributed by atoms with E-state index in [9.17, 15) is 0 Å². The zero-order valence-electron chi connectivity index (χ0n) is 15.2. The van der Waals surface area contributed by atoms with Gasteiger partial charge in [-0.15, -0.1) is 24.0 Å². The fourth-order valence-electron chi connectivity index (χ4n) is 2.33. The summed E-state index contributed by atoms with van der Waals surface area (Å²) in [6, 6.07) is 13.6. The lowest BCUT2D eigenvalue weighted by Crippen LogP contribution is -2.36. The highest BCUT2D eigenvalue weighted by Crippen LogP contribution is 2.23. The summed E-state index contributed by atoms with van der Waals surface area (Å²) in [6.45, 7) is 3.78. The second kappa shape index (κ2) is 11.9. The van der Waals surface area contributed by atoms with Crippen molar-refractivity contribution < 1.29 is 9.47 Å². The minimum atomic E-state index is 0. The Kier molecular flexibility index (Phi) is 10.2. The quantitative estimate of drug-likeness (QED) is 0.347. The summed E-state index contributed by atoms with van der Waals surface area (Å²) in [4.78, 5) is 4.25. The van der Waals surface area contributed by atoms with E-state index in [2.05, 4.69) is 15.6 Å². The number of ether oxygens (including phenoxy) is 2. The van der Waals surface area contributed by atoms with Crippen LogP contribution in [0.4, 0.5) is 0 Å². The standard InChI is InChI=1S/C19H24ClN3O2.HI/c1-4-25-18-11-16(20)9-8-15(18)13-23-19(21-2)22-12-14-6-5-7-17(10-14)24-3;/h5-11H,4,12-13H2,1-3H3,(H2,21,22,23);1H. The summed E-state index contributed by atoms with van der Waals surface area (Å²) < 4.78 is 10.9. The van der Waals surface area contributed by atoms with Crippen molar-refractivity contribution in [1.29, 1.82) is 0 Å². The van der Waals surface area contributed by atoms with Crippen molar-refractivity contribution in [3.63, 3.8) is 0 Å². The summed E-state index contributed by atoms with van der Waals surface area (Å²) in [5, 5.41) is 7.23. The molecule has 0 heterocycles. The van der Waals surface area contributed by atoms with Crippen LogP contribution < -0.4 is 20.1 Å². The molecular weight excluding hydrogens is 465 g/mol. The van der Waals surface area contributed by atoms with Crippen LogP contribution in [0.3, 0.4) is 0 Å². The van der Waals surface area contributed by atoms with E-state index < -0.39 is 0 Å². The Bertz CT molecular complexity index is 726. The molecule has 2 N–H and O–H groups in total. The van der Waals surface area contributed by atoms with Gasteiger partial charge in [0.15, 0.2) is 5.96 Å². The normalized spacial score (nSPS) is 10.7. The zero-order valence-corrected chi connectivity index (χ0v) is 18.3. The van der Waals surface area contributed by atoms with E-state index in [0.717, 1.165) is 22.6 Å². The summed E-state index contributed by atoms with van der Waals surface area (Å²) in [5.41, 5.74) is 2.14. The molecule has 2 aromatic carbocycles. The number of nitrogens with one attached hydrogen (secondary N) is 2. The van der Waals surface area contributed by atoms with Crippen molar-refractivity contribution in [3.05, 3.63) is 58.6 Å². The summed E-state index contributed by atoms with van der Waals surface area (Å²) in [7, 11) is 3.40. The van der Waals surface area contributed by atoms with Crippen LogP contribution in [0.1, 0.15) is 18.1 Å². The first-order valence-electron chi connectivity index (χ1n) is 8.15. The number of hydrogen-bond donors (Lipinski definition) is 2. The van der Waals surface area contributed by atoms with E-state index in [1.54, 1.807) is 14.2 Å². The Morgan fingerprint density at radius 3 is 2.58 bits per heavy atom. The van der Waals surface area contributed by atoms with Crippen molar-refractivity contribution >= 4 is 41.5 Å². The lowest BCUT2D eigenvalue weighted by Gasteiger charge is -2.15. The average Bonchev–Trinajstić information content (AvgIpc) is 2.63. The predicted octanol–water partition coefficient (Wildman–Crippen LogP) is 4.23. The van der Waals surface area contributed by atoms with Gasteiger partial charge in [-0.25, -0.2) is 0 Å². The third-order valence-corrected chi connectivity index (χ3v) is 3.83. The fourth-order valence-corrected chi connectivity index (χ4v) is 2.49. The second-order valence-electron chi connectivity index (χ2n) is 5.32. The molecule has 0 bridgehead atoms. The van der Waals surface area contributed by atoms with Crippen LogP contribution in [-0.2, 0) is 13.1 Å². The van der Waals surface area contributed by atoms with Crippen LogP contribution in [0.5, 0.6) is 11.5 Å². The van der Waals surface area contributed by atoms with Gasteiger partial charge < -0.3 is 20.1 Å². The molecule has 0 saturated heterocycles. The Morgan fingerprint density at radius 1 is 1.12 bits per heavy atom. The highest BCUT2D eigenvalue weighted by molar-refractivity contribution is 14.0. The van der Waals surface area contributed by atoms with Crippen molar-refractivity contribution in [2.24, 2.45) is 4.99 Å². The Labute approximate surface area is 177 Å². The lowest BCUT2D eigenvalue weighted by molar-refractivity contribution is 0.336. The molecule has 0 aliphatic rings. The fraction of sp³-hybridized carbons (Fsp3) is 0.316. The van der Waals surface area contributed by atoms with Crippen molar-refractivity contribution in [1.82, 2.24) is 10.6 Å². The molecule has 2 rings (SSSR count). The first-order valence-corrected chi connectivity index (χ1v) is 8.52. The molecule has 7 heteroatoms. The Hall–Kier alpha value is -1.67. The van der Waals surface area contributed by atoms with Crippen LogP contribution in [-0.4, -0.2) is 26.7 Å². The molecule has 0 aliphatic heterocycles. The van der Waals surface area contributed by atoms with Crippen LogP contribution in [0.2, 0.25) is 5.02 Å². The SMILES string of the molecule is CCOc1cc(Cl)ccc1CNC(=NC)NCc1cccc(OC)c1.I. The monoisotopic (exact) mass is 489 g/mol. The number of hydrogen-bond acceptors (Lipinski definition) is 3. The van der Waals surface area contributed by atoms with E-state index in [1.807, 2.05) is 49.4 Å². The molecule has 0 fully saturated rings. The Balaban J connectivity index is 0.00000338. The summed E-state index contributed by atoms with van der Waals surface area (Å²) in [6.07, 6.45) is 0. The number of aliphatic imine (C=N–C) groups is 1. The van der Waals surface area contributed by atoms with E-state index >= 15 is 0 Å². The first kappa shape index (κ1) is 22.4. The van der Waals surface area contributed by atoms with Gasteiger partial charge in [-0.05, 0) is 36.8 Å². The van der Waals surface area contributed by atoms with E-state index in [1.165, 1.54) is 0 Å². The second-order valence-corrected chi connectivity index (χ2v) is 5.75. The molecule has 26 heavy (non-hydrogen) atoms. The summed E-state index contributed by atoms with van der Waals surface area (Å²) >= 11 is 6.04. The lowest BCUT2D eigenvalue weighted by atomic mass is 10.2. The van der Waals surface area contributed by atoms with Crippen LogP contribution in [0.25, 0.3) is 0 Å². The third kappa shape index (κ3) is 6.92. The molecule has 0 radical (unpaired) electrons. The van der Waals surface area contributed by atoms with Crippen LogP contribution in [0, 0.1) is 0 Å². The molecule has 0 aliphatic carbocycles. The van der Waals surface area contributed by atoms with Gasteiger partial charge in [-0.1, -0.05) is 29.8 Å². The highest BCUT2D eigenvalue weighted by Gasteiger charge is 2.06. The van der Waals surface area contributed by atoms with Crippen LogP contribution in [0.15, 0.2) is 47.5 Å². The minimum Gasteiger partial charge on any atom is -0.497 e.